The van der Waals surface area contributed by atoms with Crippen LogP contribution in [0.15, 0.2) is 48.5 Å². The average molecular weight is 442 g/mol. The number of rotatable bonds is 8. The summed E-state index contributed by atoms with van der Waals surface area (Å²) in [6, 6.07) is 13.5. The first kappa shape index (κ1) is 22.6. The number of methoxy groups -OCH3 is 1. The highest BCUT2D eigenvalue weighted by Gasteiger charge is 2.45. The molecule has 1 fully saturated rings. The van der Waals surface area contributed by atoms with Gasteiger partial charge in [-0.2, -0.15) is 0 Å². The van der Waals surface area contributed by atoms with Gasteiger partial charge in [-0.05, 0) is 81.5 Å². The van der Waals surface area contributed by atoms with Gasteiger partial charge in [0.15, 0.2) is 5.11 Å². The second kappa shape index (κ2) is 9.78. The van der Waals surface area contributed by atoms with Crippen LogP contribution in [0.3, 0.4) is 0 Å². The highest BCUT2D eigenvalue weighted by atomic mass is 32.1. The number of hydrogen-bond acceptors (Lipinski definition) is 5. The summed E-state index contributed by atoms with van der Waals surface area (Å²) in [4.78, 5) is 29.3. The Morgan fingerprint density at radius 2 is 1.71 bits per heavy atom. The number of amides is 2. The summed E-state index contributed by atoms with van der Waals surface area (Å²) in [5.41, 5.74) is 1.29. The molecule has 1 heterocycles. The number of carbonyl (C=O) groups excluding carboxylic acids is 2. The number of carbonyl (C=O) groups is 2. The summed E-state index contributed by atoms with van der Waals surface area (Å²) in [6.45, 7) is 6.39. The maximum Gasteiger partial charge on any atom is 0.256 e. The zero-order chi connectivity index (χ0) is 22.5. The van der Waals surface area contributed by atoms with Crippen LogP contribution in [0.4, 0.5) is 11.4 Å². The van der Waals surface area contributed by atoms with E-state index in [1.807, 2.05) is 25.7 Å². The Kier molecular flexibility index (Phi) is 7.12. The van der Waals surface area contributed by atoms with Crippen LogP contribution in [0.5, 0.6) is 11.5 Å². The van der Waals surface area contributed by atoms with E-state index in [1.165, 1.54) is 4.90 Å². The lowest BCUT2D eigenvalue weighted by Gasteiger charge is -2.27. The molecule has 2 amide bonds. The third-order valence-corrected chi connectivity index (χ3v) is 5.36. The van der Waals surface area contributed by atoms with Crippen LogP contribution < -0.4 is 19.7 Å². The van der Waals surface area contributed by atoms with Crippen molar-refractivity contribution in [1.82, 2.24) is 4.90 Å². The van der Waals surface area contributed by atoms with Crippen molar-refractivity contribution in [2.45, 2.75) is 39.3 Å². The van der Waals surface area contributed by atoms with E-state index in [4.69, 9.17) is 21.7 Å². The molecule has 2 aromatic carbocycles. The van der Waals surface area contributed by atoms with Crippen LogP contribution in [0, 0.1) is 0 Å². The number of nitrogens with zero attached hydrogens (tertiary/aromatic N) is 2. The summed E-state index contributed by atoms with van der Waals surface area (Å²) in [5, 5.41) is 3.24. The van der Waals surface area contributed by atoms with Gasteiger partial charge in [0.25, 0.3) is 5.91 Å². The predicted molar refractivity (Wildman–Crippen MR) is 125 cm³/mol. The van der Waals surface area contributed by atoms with Crippen molar-refractivity contribution in [3.8, 4) is 11.5 Å². The first-order valence-corrected chi connectivity index (χ1v) is 10.6. The molecule has 1 atom stereocenters. The van der Waals surface area contributed by atoms with Crippen molar-refractivity contribution in [1.29, 1.82) is 0 Å². The minimum Gasteiger partial charge on any atom is -0.497 e. The first-order chi connectivity index (χ1) is 14.8. The molecule has 1 unspecified atom stereocenters. The molecule has 8 heteroatoms. The number of thiocarbonyl (C=S) groups is 1. The molecule has 1 aliphatic heterocycles. The monoisotopic (exact) mass is 441 g/mol. The standard InChI is InChI=1S/C23H27N3O4S/c1-5-30-19-10-6-16(7-11-19)24-21(27)14-20-22(28)26(23(31)25(20)15(2)3)17-8-12-18(29-4)13-9-17/h6-13,15,20H,5,14H2,1-4H3,(H,24,27). The lowest BCUT2D eigenvalue weighted by molar-refractivity contribution is -0.124. The predicted octanol–water partition coefficient (Wildman–Crippen LogP) is 3.83. The third kappa shape index (κ3) is 4.96. The van der Waals surface area contributed by atoms with Crippen LogP contribution in [0.1, 0.15) is 27.2 Å². The highest BCUT2D eigenvalue weighted by Crippen LogP contribution is 2.30. The van der Waals surface area contributed by atoms with Gasteiger partial charge >= 0.3 is 0 Å². The summed E-state index contributed by atoms with van der Waals surface area (Å²) < 4.78 is 10.6. The number of nitrogens with one attached hydrogen (secondary N) is 1. The van der Waals surface area contributed by atoms with Crippen molar-refractivity contribution < 1.29 is 19.1 Å². The van der Waals surface area contributed by atoms with E-state index in [0.29, 0.717) is 28.8 Å². The number of benzene rings is 2. The molecule has 0 aromatic heterocycles. The van der Waals surface area contributed by atoms with Crippen molar-refractivity contribution in [2.75, 3.05) is 23.9 Å². The zero-order valence-corrected chi connectivity index (χ0v) is 18.9. The fourth-order valence-electron chi connectivity index (χ4n) is 3.54. The maximum absolute atomic E-state index is 13.3. The number of anilines is 2. The fourth-order valence-corrected chi connectivity index (χ4v) is 4.07. The summed E-state index contributed by atoms with van der Waals surface area (Å²) >= 11 is 5.61. The SMILES string of the molecule is CCOc1ccc(NC(=O)CC2C(=O)N(c3ccc(OC)cc3)C(=S)N2C(C)C)cc1. The molecule has 0 saturated carbocycles. The van der Waals surface area contributed by atoms with Gasteiger partial charge in [-0.15, -0.1) is 0 Å². The molecule has 0 aliphatic carbocycles. The van der Waals surface area contributed by atoms with E-state index in [1.54, 1.807) is 55.6 Å². The van der Waals surface area contributed by atoms with Crippen LogP contribution in [0.2, 0.25) is 0 Å². The molecular formula is C23H27N3O4S. The Hall–Kier alpha value is -3.13. The Labute approximate surface area is 187 Å². The lowest BCUT2D eigenvalue weighted by Crippen LogP contribution is -2.42. The molecule has 164 valence electrons. The van der Waals surface area contributed by atoms with Crippen LogP contribution in [0.25, 0.3) is 0 Å². The van der Waals surface area contributed by atoms with E-state index in [-0.39, 0.29) is 24.3 Å². The molecule has 1 N–H and O–H groups in total. The van der Waals surface area contributed by atoms with E-state index >= 15 is 0 Å². The largest absolute Gasteiger partial charge is 0.497 e. The first-order valence-electron chi connectivity index (χ1n) is 10.2. The van der Waals surface area contributed by atoms with Gasteiger partial charge < -0.3 is 19.7 Å². The van der Waals surface area contributed by atoms with Gasteiger partial charge in [0.1, 0.15) is 17.5 Å². The van der Waals surface area contributed by atoms with Crippen molar-refractivity contribution in [3.05, 3.63) is 48.5 Å². The lowest BCUT2D eigenvalue weighted by atomic mass is 10.1. The molecule has 3 rings (SSSR count). The highest BCUT2D eigenvalue weighted by molar-refractivity contribution is 7.80. The quantitative estimate of drug-likeness (QED) is 0.628. The topological polar surface area (TPSA) is 71.1 Å². The minimum absolute atomic E-state index is 0.00296. The van der Waals surface area contributed by atoms with Gasteiger partial charge in [0.2, 0.25) is 5.91 Å². The van der Waals surface area contributed by atoms with E-state index < -0.39 is 6.04 Å². The van der Waals surface area contributed by atoms with Gasteiger partial charge in [-0.1, -0.05) is 0 Å². The van der Waals surface area contributed by atoms with E-state index in [0.717, 1.165) is 5.75 Å². The molecule has 31 heavy (non-hydrogen) atoms. The molecule has 2 aromatic rings. The number of hydrogen-bond donors (Lipinski definition) is 1. The summed E-state index contributed by atoms with van der Waals surface area (Å²) in [6.07, 6.45) is -0.00296. The van der Waals surface area contributed by atoms with Crippen LogP contribution >= 0.6 is 12.2 Å². The zero-order valence-electron chi connectivity index (χ0n) is 18.1. The molecule has 1 aliphatic rings. The van der Waals surface area contributed by atoms with Crippen molar-refractivity contribution in [2.24, 2.45) is 0 Å². The van der Waals surface area contributed by atoms with Gasteiger partial charge in [-0.25, -0.2) is 0 Å². The number of ether oxygens (including phenoxy) is 2. The average Bonchev–Trinajstić information content (AvgIpc) is 2.99. The van der Waals surface area contributed by atoms with Crippen molar-refractivity contribution in [3.63, 3.8) is 0 Å². The molecule has 0 bridgehead atoms. The second-order valence-electron chi connectivity index (χ2n) is 7.38. The fraction of sp³-hybridized carbons (Fsp3) is 0.348. The molecule has 0 radical (unpaired) electrons. The minimum atomic E-state index is -0.669. The summed E-state index contributed by atoms with van der Waals surface area (Å²) in [7, 11) is 1.58. The van der Waals surface area contributed by atoms with E-state index in [9.17, 15) is 9.59 Å². The van der Waals surface area contributed by atoms with Gasteiger partial charge in [0.05, 0.1) is 25.8 Å². The van der Waals surface area contributed by atoms with Crippen LogP contribution in [-0.2, 0) is 9.59 Å². The third-order valence-electron chi connectivity index (χ3n) is 4.97. The van der Waals surface area contributed by atoms with Crippen molar-refractivity contribution >= 4 is 40.5 Å². The Morgan fingerprint density at radius 1 is 1.10 bits per heavy atom. The van der Waals surface area contributed by atoms with E-state index in [2.05, 4.69) is 5.32 Å². The Bertz CT molecular complexity index is 944. The van der Waals surface area contributed by atoms with Gasteiger partial charge in [-0.3, -0.25) is 14.5 Å². The maximum atomic E-state index is 13.3. The van der Waals surface area contributed by atoms with Gasteiger partial charge in [0, 0.05) is 11.7 Å². The summed E-state index contributed by atoms with van der Waals surface area (Å²) in [5.74, 6) is 0.949. The normalized spacial score (nSPS) is 16.1. The Balaban J connectivity index is 1.75. The van der Waals surface area contributed by atoms with Crippen LogP contribution in [-0.4, -0.2) is 47.6 Å². The smallest absolute Gasteiger partial charge is 0.256 e. The molecule has 0 spiro atoms. The second-order valence-corrected chi connectivity index (χ2v) is 7.75. The molecular weight excluding hydrogens is 414 g/mol. The molecule has 1 saturated heterocycles. The Morgan fingerprint density at radius 3 is 2.26 bits per heavy atom. The molecule has 7 nitrogen and oxygen atoms in total.